The average molecular weight is 261 g/mol. The summed E-state index contributed by atoms with van der Waals surface area (Å²) in [6.45, 7) is 3.79. The molecule has 0 fully saturated rings. The minimum absolute atomic E-state index is 0.270. The van der Waals surface area contributed by atoms with Crippen molar-refractivity contribution >= 4 is 22.3 Å². The second-order valence-corrected chi connectivity index (χ2v) is 4.95. The van der Waals surface area contributed by atoms with Crippen molar-refractivity contribution in [1.82, 2.24) is 0 Å². The van der Waals surface area contributed by atoms with Crippen LogP contribution in [0.3, 0.4) is 0 Å². The van der Waals surface area contributed by atoms with Crippen LogP contribution in [0.15, 0.2) is 29.6 Å². The lowest BCUT2D eigenvalue weighted by molar-refractivity contribution is -0.133. The van der Waals surface area contributed by atoms with Crippen molar-refractivity contribution in [2.45, 2.75) is 20.3 Å². The zero-order valence-electron chi connectivity index (χ0n) is 10.4. The van der Waals surface area contributed by atoms with Crippen molar-refractivity contribution in [2.75, 3.05) is 5.73 Å². The summed E-state index contributed by atoms with van der Waals surface area (Å²) in [4.78, 5) is 11.4. The van der Waals surface area contributed by atoms with Crippen LogP contribution in [-0.4, -0.2) is 5.97 Å². The molecule has 2 N–H and O–H groups in total. The van der Waals surface area contributed by atoms with Gasteiger partial charge >= 0.3 is 5.97 Å². The van der Waals surface area contributed by atoms with Gasteiger partial charge in [-0.25, -0.2) is 0 Å². The molecule has 0 amide bonds. The summed E-state index contributed by atoms with van der Waals surface area (Å²) in [5.41, 5.74) is 8.92. The molecule has 0 atom stereocenters. The Balaban J connectivity index is 2.39. The third-order valence-corrected chi connectivity index (χ3v) is 3.43. The van der Waals surface area contributed by atoms with Crippen molar-refractivity contribution in [1.29, 1.82) is 0 Å². The summed E-state index contributed by atoms with van der Waals surface area (Å²) in [5, 5.41) is 2.45. The predicted octanol–water partition coefficient (Wildman–Crippen LogP) is 3.62. The average Bonchev–Trinajstić information content (AvgIpc) is 2.72. The number of nitrogens with two attached hydrogens (primary N) is 1. The minimum Gasteiger partial charge on any atom is -0.423 e. The molecule has 0 aliphatic carbocycles. The summed E-state index contributed by atoms with van der Waals surface area (Å²) < 4.78 is 5.30. The molecule has 0 unspecified atom stereocenters. The first kappa shape index (κ1) is 12.6. The molecule has 0 saturated carbocycles. The Morgan fingerprint density at radius 3 is 2.61 bits per heavy atom. The van der Waals surface area contributed by atoms with Crippen LogP contribution in [0, 0.1) is 6.92 Å². The molecule has 2 aromatic rings. The van der Waals surface area contributed by atoms with Crippen LogP contribution in [0.25, 0.3) is 11.1 Å². The number of anilines is 1. The number of benzene rings is 1. The molecule has 1 aromatic heterocycles. The molecule has 2 rings (SSSR count). The van der Waals surface area contributed by atoms with Crippen molar-refractivity contribution in [3.8, 4) is 16.9 Å². The van der Waals surface area contributed by atoms with Gasteiger partial charge in [-0.05, 0) is 12.5 Å². The van der Waals surface area contributed by atoms with Crippen LogP contribution < -0.4 is 10.5 Å². The summed E-state index contributed by atoms with van der Waals surface area (Å²) in [6, 6.07) is 8.05. The van der Waals surface area contributed by atoms with E-state index in [0.29, 0.717) is 17.2 Å². The van der Waals surface area contributed by atoms with Crippen LogP contribution >= 0.6 is 11.3 Å². The van der Waals surface area contributed by atoms with E-state index in [1.165, 1.54) is 16.9 Å². The predicted molar refractivity (Wildman–Crippen MR) is 74.8 cm³/mol. The lowest BCUT2D eigenvalue weighted by Gasteiger charge is -2.06. The Kier molecular flexibility index (Phi) is 3.67. The fourth-order valence-electron chi connectivity index (χ4n) is 1.59. The maximum Gasteiger partial charge on any atom is 0.311 e. The molecule has 0 aliphatic heterocycles. The van der Waals surface area contributed by atoms with E-state index in [0.717, 1.165) is 11.1 Å². The van der Waals surface area contributed by atoms with E-state index in [9.17, 15) is 4.79 Å². The SMILES string of the molecule is CCC(=O)Oc1c(-c2ccc(C)cc2)csc1N. The third kappa shape index (κ3) is 2.54. The molecule has 0 bridgehead atoms. The fourth-order valence-corrected chi connectivity index (χ4v) is 2.33. The van der Waals surface area contributed by atoms with Crippen molar-refractivity contribution in [2.24, 2.45) is 0 Å². The van der Waals surface area contributed by atoms with E-state index >= 15 is 0 Å². The summed E-state index contributed by atoms with van der Waals surface area (Å²) in [6.07, 6.45) is 0.336. The van der Waals surface area contributed by atoms with E-state index in [1.807, 2.05) is 36.6 Å². The van der Waals surface area contributed by atoms with Gasteiger partial charge in [0.15, 0.2) is 5.75 Å². The van der Waals surface area contributed by atoms with Gasteiger partial charge in [-0.1, -0.05) is 36.8 Å². The number of aryl methyl sites for hydroxylation is 1. The highest BCUT2D eigenvalue weighted by molar-refractivity contribution is 7.14. The van der Waals surface area contributed by atoms with Crippen LogP contribution in [0.5, 0.6) is 5.75 Å². The third-order valence-electron chi connectivity index (χ3n) is 2.64. The van der Waals surface area contributed by atoms with Crippen LogP contribution in [0.2, 0.25) is 0 Å². The van der Waals surface area contributed by atoms with Gasteiger partial charge in [0.2, 0.25) is 0 Å². The van der Waals surface area contributed by atoms with Crippen LogP contribution in [0.1, 0.15) is 18.9 Å². The quantitative estimate of drug-likeness (QED) is 0.858. The zero-order chi connectivity index (χ0) is 13.1. The summed E-state index contributed by atoms with van der Waals surface area (Å²) in [5.74, 6) is 0.212. The molecule has 18 heavy (non-hydrogen) atoms. The van der Waals surface area contributed by atoms with E-state index in [-0.39, 0.29) is 5.97 Å². The van der Waals surface area contributed by atoms with E-state index in [2.05, 4.69) is 0 Å². The largest absolute Gasteiger partial charge is 0.423 e. The lowest BCUT2D eigenvalue weighted by atomic mass is 10.1. The Labute approximate surface area is 110 Å². The van der Waals surface area contributed by atoms with E-state index < -0.39 is 0 Å². The number of rotatable bonds is 3. The zero-order valence-corrected chi connectivity index (χ0v) is 11.2. The van der Waals surface area contributed by atoms with Gasteiger partial charge in [0.25, 0.3) is 0 Å². The van der Waals surface area contributed by atoms with Gasteiger partial charge < -0.3 is 10.5 Å². The molecule has 3 nitrogen and oxygen atoms in total. The Morgan fingerprint density at radius 1 is 1.33 bits per heavy atom. The molecule has 0 aliphatic rings. The Hall–Kier alpha value is -1.81. The first-order valence-corrected chi connectivity index (χ1v) is 6.64. The normalized spacial score (nSPS) is 10.3. The number of carbonyl (C=O) groups excluding carboxylic acids is 1. The highest BCUT2D eigenvalue weighted by Crippen LogP contribution is 2.40. The molecule has 94 valence electrons. The van der Waals surface area contributed by atoms with Gasteiger partial charge in [-0.2, -0.15) is 0 Å². The van der Waals surface area contributed by atoms with Gasteiger partial charge in [0.1, 0.15) is 5.00 Å². The molecule has 4 heteroatoms. The van der Waals surface area contributed by atoms with Gasteiger partial charge in [-0.3, -0.25) is 4.79 Å². The molecular formula is C14H15NO2S. The van der Waals surface area contributed by atoms with Gasteiger partial charge in [0.05, 0.1) is 0 Å². The highest BCUT2D eigenvalue weighted by Gasteiger charge is 2.15. The molecule has 0 spiro atoms. The molecular weight excluding hydrogens is 246 g/mol. The number of nitrogen functional groups attached to an aromatic ring is 1. The second kappa shape index (κ2) is 5.23. The van der Waals surface area contributed by atoms with Gasteiger partial charge in [-0.15, -0.1) is 11.3 Å². The molecule has 1 aromatic carbocycles. The standard InChI is InChI=1S/C14H15NO2S/c1-3-12(16)17-13-11(8-18-14(13)15)10-6-4-9(2)5-7-10/h4-8H,3,15H2,1-2H3. The number of carbonyl (C=O) groups is 1. The van der Waals surface area contributed by atoms with Crippen molar-refractivity contribution in [3.63, 3.8) is 0 Å². The fraction of sp³-hybridized carbons (Fsp3) is 0.214. The summed E-state index contributed by atoms with van der Waals surface area (Å²) in [7, 11) is 0. The number of hydrogen-bond acceptors (Lipinski definition) is 4. The van der Waals surface area contributed by atoms with Crippen LogP contribution in [0.4, 0.5) is 5.00 Å². The lowest BCUT2D eigenvalue weighted by Crippen LogP contribution is -2.06. The highest BCUT2D eigenvalue weighted by atomic mass is 32.1. The summed E-state index contributed by atoms with van der Waals surface area (Å²) >= 11 is 1.38. The maximum absolute atomic E-state index is 11.4. The number of ether oxygens (including phenoxy) is 1. The van der Waals surface area contributed by atoms with Crippen molar-refractivity contribution in [3.05, 3.63) is 35.2 Å². The molecule has 0 saturated heterocycles. The number of esters is 1. The first-order valence-electron chi connectivity index (χ1n) is 5.76. The maximum atomic E-state index is 11.4. The second-order valence-electron chi connectivity index (χ2n) is 4.04. The number of hydrogen-bond donors (Lipinski definition) is 1. The first-order chi connectivity index (χ1) is 8.61. The Morgan fingerprint density at radius 2 is 2.00 bits per heavy atom. The minimum atomic E-state index is -0.270. The van der Waals surface area contributed by atoms with Crippen LogP contribution in [-0.2, 0) is 4.79 Å². The monoisotopic (exact) mass is 261 g/mol. The topological polar surface area (TPSA) is 52.3 Å². The van der Waals surface area contributed by atoms with Gasteiger partial charge in [0, 0.05) is 17.4 Å². The molecule has 1 heterocycles. The Bertz CT molecular complexity index is 558. The van der Waals surface area contributed by atoms with Crippen molar-refractivity contribution < 1.29 is 9.53 Å². The van der Waals surface area contributed by atoms with E-state index in [4.69, 9.17) is 10.5 Å². The smallest absolute Gasteiger partial charge is 0.311 e. The van der Waals surface area contributed by atoms with E-state index in [1.54, 1.807) is 6.92 Å². The number of thiophene rings is 1. The molecule has 0 radical (unpaired) electrons.